The molecule has 5 heteroatoms. The molecular weight excluding hydrogens is 322 g/mol. The van der Waals surface area contributed by atoms with Crippen molar-refractivity contribution >= 4 is 45.9 Å². The Balaban J connectivity index is 1.78. The molecule has 0 bridgehead atoms. The number of pyridine rings is 1. The molecule has 0 radical (unpaired) electrons. The van der Waals surface area contributed by atoms with E-state index in [4.69, 9.17) is 17.3 Å². The Morgan fingerprint density at radius 1 is 1.21 bits per heavy atom. The van der Waals surface area contributed by atoms with Crippen molar-refractivity contribution in [3.63, 3.8) is 0 Å². The van der Waals surface area contributed by atoms with E-state index in [0.29, 0.717) is 16.4 Å². The number of halogens is 1. The number of carbonyl (C=O) groups is 1. The molecule has 0 atom stereocenters. The minimum Gasteiger partial charge on any atom is -0.398 e. The number of rotatable bonds is 3. The highest BCUT2D eigenvalue weighted by Crippen LogP contribution is 2.24. The van der Waals surface area contributed by atoms with Gasteiger partial charge in [0.15, 0.2) is 0 Å². The van der Waals surface area contributed by atoms with Crippen LogP contribution in [0, 0.1) is 6.92 Å². The fourth-order valence-corrected chi connectivity index (χ4v) is 2.63. The van der Waals surface area contributed by atoms with Crippen molar-refractivity contribution in [1.29, 1.82) is 0 Å². The maximum absolute atomic E-state index is 12.1. The summed E-state index contributed by atoms with van der Waals surface area (Å²) in [6.07, 6.45) is 3.17. The van der Waals surface area contributed by atoms with E-state index in [2.05, 4.69) is 10.3 Å². The van der Waals surface area contributed by atoms with Crippen LogP contribution in [0.4, 0.5) is 11.4 Å². The molecule has 3 N–H and O–H groups in total. The predicted octanol–water partition coefficient (Wildman–Crippen LogP) is 4.43. The fraction of sp³-hybridized carbons (Fsp3) is 0.0526. The maximum atomic E-state index is 12.1. The second kappa shape index (κ2) is 6.72. The standard InChI is InChI=1S/C19H16ClN3O/c1-12-9-17(21)16-11-15(6-7-18(16)22-12)23-19(24)8-5-13-3-2-4-14(20)10-13/h2-11H,1H3,(H2,21,22)(H,23,24)/b8-5+. The Morgan fingerprint density at radius 2 is 2.04 bits per heavy atom. The normalized spacial score (nSPS) is 11.1. The number of anilines is 2. The maximum Gasteiger partial charge on any atom is 0.248 e. The zero-order chi connectivity index (χ0) is 17.1. The molecule has 1 aromatic heterocycles. The number of nitrogens with zero attached hydrogens (tertiary/aromatic N) is 1. The number of aryl methyl sites for hydroxylation is 1. The van der Waals surface area contributed by atoms with Gasteiger partial charge >= 0.3 is 0 Å². The third-order valence-corrected chi connectivity index (χ3v) is 3.75. The van der Waals surface area contributed by atoms with Gasteiger partial charge in [-0.15, -0.1) is 0 Å². The van der Waals surface area contributed by atoms with Gasteiger partial charge in [-0.2, -0.15) is 0 Å². The van der Waals surface area contributed by atoms with Gasteiger partial charge in [-0.3, -0.25) is 9.78 Å². The van der Waals surface area contributed by atoms with Gasteiger partial charge in [0.25, 0.3) is 0 Å². The van der Waals surface area contributed by atoms with Gasteiger partial charge in [0.2, 0.25) is 5.91 Å². The van der Waals surface area contributed by atoms with Crippen LogP contribution >= 0.6 is 11.6 Å². The van der Waals surface area contributed by atoms with E-state index < -0.39 is 0 Å². The van der Waals surface area contributed by atoms with Gasteiger partial charge in [0.05, 0.1) is 5.52 Å². The summed E-state index contributed by atoms with van der Waals surface area (Å²) in [6.45, 7) is 1.89. The zero-order valence-electron chi connectivity index (χ0n) is 13.1. The molecule has 1 heterocycles. The topological polar surface area (TPSA) is 68.0 Å². The molecule has 3 rings (SSSR count). The van der Waals surface area contributed by atoms with Crippen molar-refractivity contribution in [3.8, 4) is 0 Å². The van der Waals surface area contributed by atoms with Gasteiger partial charge < -0.3 is 11.1 Å². The molecule has 0 aliphatic rings. The van der Waals surface area contributed by atoms with Crippen molar-refractivity contribution in [1.82, 2.24) is 4.98 Å². The molecule has 120 valence electrons. The van der Waals surface area contributed by atoms with Gasteiger partial charge in [-0.05, 0) is 55.0 Å². The van der Waals surface area contributed by atoms with E-state index in [1.165, 1.54) is 6.08 Å². The Hall–Kier alpha value is -2.85. The van der Waals surface area contributed by atoms with Crippen LogP contribution in [0.2, 0.25) is 5.02 Å². The Bertz CT molecular complexity index is 950. The molecule has 0 aliphatic heterocycles. The molecule has 0 spiro atoms. The molecule has 0 fully saturated rings. The summed E-state index contributed by atoms with van der Waals surface area (Å²) in [5, 5.41) is 4.27. The number of amides is 1. The molecule has 0 unspecified atom stereocenters. The summed E-state index contributed by atoms with van der Waals surface area (Å²) in [5.74, 6) is -0.229. The smallest absolute Gasteiger partial charge is 0.248 e. The Kier molecular flexibility index (Phi) is 4.49. The van der Waals surface area contributed by atoms with Crippen LogP contribution < -0.4 is 11.1 Å². The third kappa shape index (κ3) is 3.73. The highest BCUT2D eigenvalue weighted by Gasteiger charge is 2.04. The van der Waals surface area contributed by atoms with Crippen LogP contribution in [0.25, 0.3) is 17.0 Å². The Labute approximate surface area is 145 Å². The summed E-state index contributed by atoms with van der Waals surface area (Å²) in [5.41, 5.74) is 9.86. The molecule has 1 amide bonds. The monoisotopic (exact) mass is 337 g/mol. The second-order valence-electron chi connectivity index (χ2n) is 5.46. The Morgan fingerprint density at radius 3 is 2.83 bits per heavy atom. The van der Waals surface area contributed by atoms with E-state index in [1.54, 1.807) is 24.3 Å². The van der Waals surface area contributed by atoms with Crippen LogP contribution in [0.5, 0.6) is 0 Å². The molecule has 24 heavy (non-hydrogen) atoms. The number of nitrogen functional groups attached to an aromatic ring is 1. The number of nitrogens with two attached hydrogens (primary N) is 1. The van der Waals surface area contributed by atoms with Gasteiger partial charge in [-0.25, -0.2) is 0 Å². The number of carbonyl (C=O) groups excluding carboxylic acids is 1. The van der Waals surface area contributed by atoms with E-state index in [9.17, 15) is 4.79 Å². The first-order valence-corrected chi connectivity index (χ1v) is 7.80. The van der Waals surface area contributed by atoms with Crippen LogP contribution in [0.15, 0.2) is 54.6 Å². The summed E-state index contributed by atoms with van der Waals surface area (Å²) in [7, 11) is 0. The van der Waals surface area contributed by atoms with Crippen LogP contribution in [-0.4, -0.2) is 10.9 Å². The largest absolute Gasteiger partial charge is 0.398 e. The number of hydrogen-bond donors (Lipinski definition) is 2. The minimum atomic E-state index is -0.229. The lowest BCUT2D eigenvalue weighted by atomic mass is 10.1. The molecule has 0 saturated heterocycles. The summed E-state index contributed by atoms with van der Waals surface area (Å²) in [4.78, 5) is 16.5. The number of nitrogens with one attached hydrogen (secondary N) is 1. The molecular formula is C19H16ClN3O. The SMILES string of the molecule is Cc1cc(N)c2cc(NC(=O)/C=C/c3cccc(Cl)c3)ccc2n1. The van der Waals surface area contributed by atoms with Crippen molar-refractivity contribution in [2.75, 3.05) is 11.1 Å². The number of hydrogen-bond acceptors (Lipinski definition) is 3. The van der Waals surface area contributed by atoms with Crippen LogP contribution in [0.1, 0.15) is 11.3 Å². The number of benzene rings is 2. The third-order valence-electron chi connectivity index (χ3n) is 3.51. The fourth-order valence-electron chi connectivity index (χ4n) is 2.43. The quantitative estimate of drug-likeness (QED) is 0.695. The summed E-state index contributed by atoms with van der Waals surface area (Å²) < 4.78 is 0. The molecule has 0 saturated carbocycles. The average Bonchev–Trinajstić information content (AvgIpc) is 2.53. The highest BCUT2D eigenvalue weighted by atomic mass is 35.5. The second-order valence-corrected chi connectivity index (χ2v) is 5.90. The molecule has 4 nitrogen and oxygen atoms in total. The zero-order valence-corrected chi connectivity index (χ0v) is 13.8. The minimum absolute atomic E-state index is 0.229. The van der Waals surface area contributed by atoms with Crippen LogP contribution in [-0.2, 0) is 4.79 Å². The van der Waals surface area contributed by atoms with E-state index >= 15 is 0 Å². The van der Waals surface area contributed by atoms with Crippen molar-refractivity contribution in [3.05, 3.63) is 70.9 Å². The lowest BCUT2D eigenvalue weighted by Crippen LogP contribution is -2.07. The van der Waals surface area contributed by atoms with Gasteiger partial charge in [0.1, 0.15) is 0 Å². The summed E-state index contributed by atoms with van der Waals surface area (Å²) in [6, 6.07) is 14.6. The molecule has 2 aromatic carbocycles. The van der Waals surface area contributed by atoms with Gasteiger partial charge in [0, 0.05) is 33.6 Å². The average molecular weight is 338 g/mol. The lowest BCUT2D eigenvalue weighted by molar-refractivity contribution is -0.111. The predicted molar refractivity (Wildman–Crippen MR) is 100 cm³/mol. The van der Waals surface area contributed by atoms with E-state index in [-0.39, 0.29) is 5.91 Å². The van der Waals surface area contributed by atoms with Crippen molar-refractivity contribution < 1.29 is 4.79 Å². The van der Waals surface area contributed by atoms with Gasteiger partial charge in [-0.1, -0.05) is 23.7 Å². The summed E-state index contributed by atoms with van der Waals surface area (Å²) >= 11 is 5.92. The van der Waals surface area contributed by atoms with Crippen LogP contribution in [0.3, 0.4) is 0 Å². The first kappa shape index (κ1) is 16.0. The molecule has 3 aromatic rings. The highest BCUT2D eigenvalue weighted by molar-refractivity contribution is 6.30. The first-order chi connectivity index (χ1) is 11.5. The van der Waals surface area contributed by atoms with E-state index in [0.717, 1.165) is 22.2 Å². The molecule has 0 aliphatic carbocycles. The van der Waals surface area contributed by atoms with Crippen molar-refractivity contribution in [2.45, 2.75) is 6.92 Å². The first-order valence-electron chi connectivity index (χ1n) is 7.43. The lowest BCUT2D eigenvalue weighted by Gasteiger charge is -2.07. The number of fused-ring (bicyclic) bond motifs is 1. The van der Waals surface area contributed by atoms with E-state index in [1.807, 2.05) is 37.3 Å². The number of aromatic nitrogens is 1. The van der Waals surface area contributed by atoms with Crippen molar-refractivity contribution in [2.24, 2.45) is 0 Å².